The number of urea groups is 1. The Bertz CT molecular complexity index is 766. The third-order valence-electron chi connectivity index (χ3n) is 3.02. The number of anilines is 2. The largest absolute Gasteiger partial charge is 0.482 e. The first-order valence-electron chi connectivity index (χ1n) is 7.13. The Hall–Kier alpha value is -3.53. The van der Waals surface area contributed by atoms with Crippen LogP contribution in [-0.4, -0.2) is 25.6 Å². The van der Waals surface area contributed by atoms with Crippen LogP contribution in [0.15, 0.2) is 48.5 Å². The van der Waals surface area contributed by atoms with Gasteiger partial charge < -0.3 is 20.7 Å². The molecule has 0 atom stereocenters. The molecule has 3 N–H and O–H groups in total. The standard InChI is InChI=1S/C17H16N4O3/c1-19-17(23)21-14-8-6-13(7-9-14)20-16(22)11-24-15-5-3-2-4-12(15)10-18/h2-9H,11H2,1H3,(H,20,22)(H2,19,21,23). The second kappa shape index (κ2) is 8.19. The summed E-state index contributed by atoms with van der Waals surface area (Å²) in [6, 6.07) is 15.0. The van der Waals surface area contributed by atoms with Crippen LogP contribution in [0.5, 0.6) is 5.75 Å². The van der Waals surface area contributed by atoms with Gasteiger partial charge in [-0.15, -0.1) is 0 Å². The normalized spacial score (nSPS) is 9.50. The lowest BCUT2D eigenvalue weighted by atomic mass is 10.2. The van der Waals surface area contributed by atoms with Crippen molar-refractivity contribution in [3.63, 3.8) is 0 Å². The van der Waals surface area contributed by atoms with Gasteiger partial charge in [-0.3, -0.25) is 4.79 Å². The number of hydrogen-bond acceptors (Lipinski definition) is 4. The number of carbonyl (C=O) groups excluding carboxylic acids is 2. The third kappa shape index (κ3) is 4.74. The topological polar surface area (TPSA) is 103 Å². The van der Waals surface area contributed by atoms with Crippen LogP contribution in [0.4, 0.5) is 16.2 Å². The molecule has 0 aliphatic rings. The molecule has 122 valence electrons. The number of benzene rings is 2. The molecule has 0 spiro atoms. The van der Waals surface area contributed by atoms with E-state index in [0.29, 0.717) is 22.7 Å². The summed E-state index contributed by atoms with van der Waals surface area (Å²) in [5.41, 5.74) is 1.54. The van der Waals surface area contributed by atoms with Gasteiger partial charge in [0.25, 0.3) is 5.91 Å². The van der Waals surface area contributed by atoms with E-state index in [1.165, 1.54) is 7.05 Å². The Labute approximate surface area is 139 Å². The minimum absolute atomic E-state index is 0.211. The number of carbonyl (C=O) groups is 2. The minimum atomic E-state index is -0.352. The number of rotatable bonds is 5. The van der Waals surface area contributed by atoms with E-state index in [0.717, 1.165) is 0 Å². The number of nitrogens with zero attached hydrogens (tertiary/aromatic N) is 1. The highest BCUT2D eigenvalue weighted by molar-refractivity contribution is 5.93. The first kappa shape index (κ1) is 16.8. The Balaban J connectivity index is 1.88. The number of hydrogen-bond donors (Lipinski definition) is 3. The summed E-state index contributed by atoms with van der Waals surface area (Å²) in [6.07, 6.45) is 0. The molecule has 2 aromatic rings. The van der Waals surface area contributed by atoms with Gasteiger partial charge in [-0.2, -0.15) is 5.26 Å². The van der Waals surface area contributed by atoms with Crippen LogP contribution >= 0.6 is 0 Å². The van der Waals surface area contributed by atoms with E-state index in [4.69, 9.17) is 10.00 Å². The molecule has 3 amide bonds. The molecule has 0 fully saturated rings. The lowest BCUT2D eigenvalue weighted by Crippen LogP contribution is -2.24. The van der Waals surface area contributed by atoms with Crippen LogP contribution in [0.25, 0.3) is 0 Å². The number of para-hydroxylation sites is 1. The average Bonchev–Trinajstić information content (AvgIpc) is 2.61. The van der Waals surface area contributed by atoms with Crippen molar-refractivity contribution in [2.24, 2.45) is 0 Å². The molecular formula is C17H16N4O3. The van der Waals surface area contributed by atoms with Gasteiger partial charge in [0.15, 0.2) is 6.61 Å². The first-order chi connectivity index (χ1) is 11.6. The van der Waals surface area contributed by atoms with E-state index in [1.807, 2.05) is 6.07 Å². The number of ether oxygens (including phenoxy) is 1. The molecule has 0 bridgehead atoms. The molecule has 0 saturated heterocycles. The van der Waals surface area contributed by atoms with Crippen LogP contribution in [0.1, 0.15) is 5.56 Å². The minimum Gasteiger partial charge on any atom is -0.482 e. The highest BCUT2D eigenvalue weighted by Crippen LogP contribution is 2.17. The second-order valence-electron chi connectivity index (χ2n) is 4.73. The van der Waals surface area contributed by atoms with Gasteiger partial charge in [-0.05, 0) is 36.4 Å². The third-order valence-corrected chi connectivity index (χ3v) is 3.02. The first-order valence-corrected chi connectivity index (χ1v) is 7.13. The molecule has 7 heteroatoms. The zero-order chi connectivity index (χ0) is 17.4. The lowest BCUT2D eigenvalue weighted by molar-refractivity contribution is -0.118. The SMILES string of the molecule is CNC(=O)Nc1ccc(NC(=O)COc2ccccc2C#N)cc1. The van der Waals surface area contributed by atoms with E-state index in [2.05, 4.69) is 16.0 Å². The van der Waals surface area contributed by atoms with E-state index >= 15 is 0 Å². The Morgan fingerprint density at radius 3 is 2.29 bits per heavy atom. The fraction of sp³-hybridized carbons (Fsp3) is 0.118. The lowest BCUT2D eigenvalue weighted by Gasteiger charge is -2.09. The Kier molecular flexibility index (Phi) is 5.75. The highest BCUT2D eigenvalue weighted by Gasteiger charge is 2.07. The van der Waals surface area contributed by atoms with Crippen molar-refractivity contribution in [1.82, 2.24) is 5.32 Å². The van der Waals surface area contributed by atoms with Crippen LogP contribution in [-0.2, 0) is 4.79 Å². The summed E-state index contributed by atoms with van der Waals surface area (Å²) in [4.78, 5) is 23.1. The van der Waals surface area contributed by atoms with Crippen molar-refractivity contribution in [3.05, 3.63) is 54.1 Å². The van der Waals surface area contributed by atoms with Gasteiger partial charge in [0.1, 0.15) is 11.8 Å². The second-order valence-corrected chi connectivity index (χ2v) is 4.73. The van der Waals surface area contributed by atoms with E-state index in [1.54, 1.807) is 48.5 Å². The zero-order valence-corrected chi connectivity index (χ0v) is 13.0. The van der Waals surface area contributed by atoms with Crippen LogP contribution < -0.4 is 20.7 Å². The van der Waals surface area contributed by atoms with Gasteiger partial charge >= 0.3 is 6.03 Å². The number of amides is 3. The van der Waals surface area contributed by atoms with Crippen molar-refractivity contribution < 1.29 is 14.3 Å². The molecule has 7 nitrogen and oxygen atoms in total. The molecular weight excluding hydrogens is 308 g/mol. The molecule has 0 saturated carbocycles. The fourth-order valence-electron chi connectivity index (χ4n) is 1.86. The maximum absolute atomic E-state index is 11.9. The molecule has 0 aliphatic heterocycles. The van der Waals surface area contributed by atoms with Crippen LogP contribution in [0, 0.1) is 11.3 Å². The molecule has 2 aromatic carbocycles. The van der Waals surface area contributed by atoms with Gasteiger partial charge in [0.05, 0.1) is 5.56 Å². The molecule has 2 rings (SSSR count). The van der Waals surface area contributed by atoms with Crippen molar-refractivity contribution in [3.8, 4) is 11.8 Å². The van der Waals surface area contributed by atoms with Crippen molar-refractivity contribution in [2.75, 3.05) is 24.3 Å². The Morgan fingerprint density at radius 1 is 1.04 bits per heavy atom. The molecule has 0 aliphatic carbocycles. The molecule has 0 radical (unpaired) electrons. The predicted molar refractivity (Wildman–Crippen MR) is 89.8 cm³/mol. The van der Waals surface area contributed by atoms with Crippen LogP contribution in [0.2, 0.25) is 0 Å². The van der Waals surface area contributed by atoms with Crippen molar-refractivity contribution in [2.45, 2.75) is 0 Å². The Morgan fingerprint density at radius 2 is 1.67 bits per heavy atom. The molecule has 24 heavy (non-hydrogen) atoms. The van der Waals surface area contributed by atoms with E-state index in [9.17, 15) is 9.59 Å². The fourth-order valence-corrected chi connectivity index (χ4v) is 1.86. The van der Waals surface area contributed by atoms with Crippen molar-refractivity contribution >= 4 is 23.3 Å². The maximum Gasteiger partial charge on any atom is 0.318 e. The smallest absolute Gasteiger partial charge is 0.318 e. The van der Waals surface area contributed by atoms with Gasteiger partial charge in [-0.25, -0.2) is 4.79 Å². The van der Waals surface area contributed by atoms with Crippen LogP contribution in [0.3, 0.4) is 0 Å². The zero-order valence-electron chi connectivity index (χ0n) is 13.0. The van der Waals surface area contributed by atoms with Gasteiger partial charge in [0.2, 0.25) is 0 Å². The van der Waals surface area contributed by atoms with E-state index in [-0.39, 0.29) is 18.5 Å². The molecule has 0 aromatic heterocycles. The number of nitrogens with one attached hydrogen (secondary N) is 3. The summed E-state index contributed by atoms with van der Waals surface area (Å²) in [7, 11) is 1.52. The number of nitriles is 1. The summed E-state index contributed by atoms with van der Waals surface area (Å²) >= 11 is 0. The monoisotopic (exact) mass is 324 g/mol. The van der Waals surface area contributed by atoms with Gasteiger partial charge in [0, 0.05) is 18.4 Å². The summed E-state index contributed by atoms with van der Waals surface area (Å²) in [6.45, 7) is -0.211. The molecule has 0 unspecified atom stereocenters. The predicted octanol–water partition coefficient (Wildman–Crippen LogP) is 2.33. The van der Waals surface area contributed by atoms with Crippen molar-refractivity contribution in [1.29, 1.82) is 5.26 Å². The average molecular weight is 324 g/mol. The highest BCUT2D eigenvalue weighted by atomic mass is 16.5. The maximum atomic E-state index is 11.9. The van der Waals surface area contributed by atoms with E-state index < -0.39 is 0 Å². The summed E-state index contributed by atoms with van der Waals surface area (Å²) in [5, 5.41) is 16.7. The summed E-state index contributed by atoms with van der Waals surface area (Å²) < 4.78 is 5.35. The quantitative estimate of drug-likeness (QED) is 0.785. The summed E-state index contributed by atoms with van der Waals surface area (Å²) in [5.74, 6) is 0.00929. The van der Waals surface area contributed by atoms with Gasteiger partial charge in [-0.1, -0.05) is 12.1 Å². The molecule has 0 heterocycles.